The number of ether oxygens (including phenoxy) is 1. The number of hydrogen-bond acceptors (Lipinski definition) is 3. The van der Waals surface area contributed by atoms with E-state index in [2.05, 4.69) is 4.74 Å². The maximum atomic E-state index is 12.5. The minimum atomic E-state index is -5.12. The van der Waals surface area contributed by atoms with Crippen LogP contribution in [0, 0.1) is 10.1 Å². The smallest absolute Gasteiger partial charge is 0.423 e. The van der Waals surface area contributed by atoms with E-state index in [9.17, 15) is 32.1 Å². The van der Waals surface area contributed by atoms with Crippen LogP contribution in [0.25, 0.3) is 0 Å². The first-order chi connectivity index (χ1) is 8.12. The van der Waals surface area contributed by atoms with Gasteiger partial charge in [0.25, 0.3) is 0 Å². The SMILES string of the molecule is O=[N+]([O-])c1c(OC(F)F)cc(Cl)cc1C(F)(F)F. The van der Waals surface area contributed by atoms with E-state index < -0.39 is 39.7 Å². The highest BCUT2D eigenvalue weighted by Crippen LogP contribution is 2.43. The number of nitrogens with zero attached hydrogens (tertiary/aromatic N) is 1. The second-order valence-corrected chi connectivity index (χ2v) is 3.37. The van der Waals surface area contributed by atoms with E-state index in [1.165, 1.54) is 0 Å². The first-order valence-electron chi connectivity index (χ1n) is 4.13. The molecule has 0 aromatic heterocycles. The van der Waals surface area contributed by atoms with Crippen molar-refractivity contribution in [2.45, 2.75) is 12.8 Å². The van der Waals surface area contributed by atoms with Crippen LogP contribution in [0.5, 0.6) is 5.75 Å². The fourth-order valence-corrected chi connectivity index (χ4v) is 1.37. The van der Waals surface area contributed by atoms with Gasteiger partial charge in [-0.1, -0.05) is 11.6 Å². The molecule has 0 fully saturated rings. The molecule has 0 amide bonds. The Morgan fingerprint density at radius 2 is 1.89 bits per heavy atom. The molecule has 0 atom stereocenters. The lowest BCUT2D eigenvalue weighted by Gasteiger charge is -2.11. The van der Waals surface area contributed by atoms with Crippen LogP contribution in [0.3, 0.4) is 0 Å². The molecule has 0 saturated carbocycles. The average Bonchev–Trinajstić information content (AvgIpc) is 2.13. The molecule has 0 heterocycles. The molecule has 0 N–H and O–H groups in total. The molecular formula is C8H3ClF5NO3. The van der Waals surface area contributed by atoms with Crippen molar-refractivity contribution in [2.75, 3.05) is 0 Å². The number of alkyl halides is 5. The maximum Gasteiger partial charge on any atom is 0.423 e. The summed E-state index contributed by atoms with van der Waals surface area (Å²) in [5.41, 5.74) is -3.36. The van der Waals surface area contributed by atoms with E-state index in [1.807, 2.05) is 0 Å². The summed E-state index contributed by atoms with van der Waals surface area (Å²) in [6, 6.07) is 0.777. The summed E-state index contributed by atoms with van der Waals surface area (Å²) in [5, 5.41) is 9.91. The summed E-state index contributed by atoms with van der Waals surface area (Å²) in [7, 11) is 0. The third-order valence-corrected chi connectivity index (χ3v) is 1.96. The van der Waals surface area contributed by atoms with Crippen LogP contribution in [-0.4, -0.2) is 11.5 Å². The molecular weight excluding hydrogens is 289 g/mol. The van der Waals surface area contributed by atoms with Gasteiger partial charge in [0.1, 0.15) is 5.56 Å². The van der Waals surface area contributed by atoms with Gasteiger partial charge in [-0.3, -0.25) is 10.1 Å². The summed E-state index contributed by atoms with van der Waals surface area (Å²) >= 11 is 5.27. The average molecular weight is 292 g/mol. The van der Waals surface area contributed by atoms with Gasteiger partial charge in [0.15, 0.2) is 0 Å². The topological polar surface area (TPSA) is 52.4 Å². The molecule has 18 heavy (non-hydrogen) atoms. The highest BCUT2D eigenvalue weighted by Gasteiger charge is 2.41. The van der Waals surface area contributed by atoms with Gasteiger partial charge in [0.05, 0.1) is 4.92 Å². The maximum absolute atomic E-state index is 12.5. The first kappa shape index (κ1) is 14.4. The molecule has 0 aliphatic rings. The molecule has 1 rings (SSSR count). The van der Waals surface area contributed by atoms with Crippen LogP contribution in [-0.2, 0) is 6.18 Å². The molecule has 0 unspecified atom stereocenters. The van der Waals surface area contributed by atoms with Crippen molar-refractivity contribution in [3.8, 4) is 5.75 Å². The Labute approximate surface area is 101 Å². The fourth-order valence-electron chi connectivity index (χ4n) is 1.16. The fraction of sp³-hybridized carbons (Fsp3) is 0.250. The quantitative estimate of drug-likeness (QED) is 0.482. The molecule has 4 nitrogen and oxygen atoms in total. The first-order valence-corrected chi connectivity index (χ1v) is 4.50. The van der Waals surface area contributed by atoms with Gasteiger partial charge in [-0.05, 0) is 6.07 Å². The van der Waals surface area contributed by atoms with Crippen molar-refractivity contribution >= 4 is 17.3 Å². The Morgan fingerprint density at radius 1 is 1.33 bits per heavy atom. The van der Waals surface area contributed by atoms with Gasteiger partial charge in [-0.25, -0.2) is 0 Å². The second-order valence-electron chi connectivity index (χ2n) is 2.93. The number of nitro groups is 1. The van der Waals surface area contributed by atoms with Crippen LogP contribution >= 0.6 is 11.6 Å². The van der Waals surface area contributed by atoms with E-state index in [0.717, 1.165) is 0 Å². The second kappa shape index (κ2) is 4.92. The molecule has 0 bridgehead atoms. The van der Waals surface area contributed by atoms with Crippen LogP contribution in [0.15, 0.2) is 12.1 Å². The zero-order valence-electron chi connectivity index (χ0n) is 8.17. The van der Waals surface area contributed by atoms with E-state index in [4.69, 9.17) is 11.6 Å². The Hall–Kier alpha value is -1.64. The highest BCUT2D eigenvalue weighted by atomic mass is 35.5. The number of nitro benzene ring substituents is 1. The highest BCUT2D eigenvalue weighted by molar-refractivity contribution is 6.30. The van der Waals surface area contributed by atoms with Crippen molar-refractivity contribution < 1.29 is 31.6 Å². The molecule has 100 valence electrons. The van der Waals surface area contributed by atoms with Gasteiger partial charge in [-0.2, -0.15) is 22.0 Å². The van der Waals surface area contributed by atoms with Crippen molar-refractivity contribution in [3.63, 3.8) is 0 Å². The molecule has 0 aliphatic heterocycles. The lowest BCUT2D eigenvalue weighted by atomic mass is 10.1. The minimum Gasteiger partial charge on any atom is -0.427 e. The van der Waals surface area contributed by atoms with Crippen molar-refractivity contribution in [1.29, 1.82) is 0 Å². The molecule has 10 heteroatoms. The van der Waals surface area contributed by atoms with Gasteiger partial charge in [0.2, 0.25) is 5.75 Å². The Bertz CT molecular complexity index is 477. The monoisotopic (exact) mass is 291 g/mol. The van der Waals surface area contributed by atoms with E-state index >= 15 is 0 Å². The summed E-state index contributed by atoms with van der Waals surface area (Å²) in [5.74, 6) is -1.24. The molecule has 1 aromatic carbocycles. The van der Waals surface area contributed by atoms with Gasteiger partial charge in [0, 0.05) is 11.1 Å². The number of hydrogen-bond donors (Lipinski definition) is 0. The predicted octanol–water partition coefficient (Wildman–Crippen LogP) is 3.87. The summed E-state index contributed by atoms with van der Waals surface area (Å²) in [4.78, 5) is 9.06. The molecule has 0 radical (unpaired) electrons. The lowest BCUT2D eigenvalue weighted by Crippen LogP contribution is -2.12. The summed E-state index contributed by atoms with van der Waals surface area (Å²) < 4.78 is 65.1. The Balaban J connectivity index is 3.51. The van der Waals surface area contributed by atoms with Crippen LogP contribution in [0.2, 0.25) is 5.02 Å². The standard InChI is InChI=1S/C8H3ClF5NO3/c9-3-1-4(8(12,13)14)6(15(16)17)5(2-3)18-7(10)11/h1-2,7H. The van der Waals surface area contributed by atoms with E-state index in [-0.39, 0.29) is 6.07 Å². The van der Waals surface area contributed by atoms with Crippen LogP contribution in [0.4, 0.5) is 27.6 Å². The normalized spacial score (nSPS) is 11.7. The van der Waals surface area contributed by atoms with Crippen LogP contribution < -0.4 is 4.74 Å². The van der Waals surface area contributed by atoms with Crippen molar-refractivity contribution in [2.24, 2.45) is 0 Å². The van der Waals surface area contributed by atoms with E-state index in [0.29, 0.717) is 6.07 Å². The lowest BCUT2D eigenvalue weighted by molar-refractivity contribution is -0.389. The molecule has 0 spiro atoms. The summed E-state index contributed by atoms with van der Waals surface area (Å²) in [6.45, 7) is -3.51. The van der Waals surface area contributed by atoms with Crippen molar-refractivity contribution in [1.82, 2.24) is 0 Å². The van der Waals surface area contributed by atoms with E-state index in [1.54, 1.807) is 0 Å². The molecule has 1 aromatic rings. The molecule has 0 aliphatic carbocycles. The predicted molar refractivity (Wildman–Crippen MR) is 49.7 cm³/mol. The Morgan fingerprint density at radius 3 is 2.28 bits per heavy atom. The van der Waals surface area contributed by atoms with Crippen molar-refractivity contribution in [3.05, 3.63) is 32.8 Å². The Kier molecular flexibility index (Phi) is 3.95. The molecule has 0 saturated heterocycles. The minimum absolute atomic E-state index is 0.262. The third kappa shape index (κ3) is 3.19. The van der Waals surface area contributed by atoms with Crippen LogP contribution in [0.1, 0.15) is 5.56 Å². The largest absolute Gasteiger partial charge is 0.427 e. The number of benzene rings is 1. The third-order valence-electron chi connectivity index (χ3n) is 1.74. The van der Waals surface area contributed by atoms with Gasteiger partial charge < -0.3 is 4.74 Å². The summed E-state index contributed by atoms with van der Waals surface area (Å²) in [6.07, 6.45) is -5.12. The number of halogens is 6. The van der Waals surface area contributed by atoms with Gasteiger partial charge >= 0.3 is 18.5 Å². The number of rotatable bonds is 3. The zero-order valence-corrected chi connectivity index (χ0v) is 8.93. The zero-order chi connectivity index (χ0) is 14.1. The van der Waals surface area contributed by atoms with Gasteiger partial charge in [-0.15, -0.1) is 0 Å².